The highest BCUT2D eigenvalue weighted by Gasteiger charge is 2.33. The van der Waals surface area contributed by atoms with Crippen LogP contribution >= 0.6 is 11.3 Å². The SMILES string of the molecule is COc1ccc(S(=O)(=O)N2CCCC(C(=O)Nc3nc4cc5c(cc4s3)OCO5)C2)cc1. The van der Waals surface area contributed by atoms with Crippen molar-refractivity contribution in [2.75, 3.05) is 32.3 Å². The van der Waals surface area contributed by atoms with Crippen molar-refractivity contribution in [3.05, 3.63) is 36.4 Å². The van der Waals surface area contributed by atoms with Crippen molar-refractivity contribution in [3.8, 4) is 17.2 Å². The molecule has 1 saturated heterocycles. The van der Waals surface area contributed by atoms with Gasteiger partial charge in [-0.1, -0.05) is 11.3 Å². The van der Waals surface area contributed by atoms with Gasteiger partial charge in [0.2, 0.25) is 22.7 Å². The van der Waals surface area contributed by atoms with Crippen LogP contribution in [-0.4, -0.2) is 50.6 Å². The van der Waals surface area contributed by atoms with Gasteiger partial charge in [-0.2, -0.15) is 4.31 Å². The van der Waals surface area contributed by atoms with Crippen molar-refractivity contribution in [2.45, 2.75) is 17.7 Å². The van der Waals surface area contributed by atoms with Gasteiger partial charge in [-0.25, -0.2) is 13.4 Å². The molecule has 2 aliphatic heterocycles. The number of carbonyl (C=O) groups is 1. The first-order valence-electron chi connectivity index (χ1n) is 10.1. The van der Waals surface area contributed by atoms with Gasteiger partial charge in [0.15, 0.2) is 16.6 Å². The van der Waals surface area contributed by atoms with E-state index >= 15 is 0 Å². The first-order chi connectivity index (χ1) is 15.4. The third kappa shape index (κ3) is 3.87. The van der Waals surface area contributed by atoms with Crippen LogP contribution in [0.25, 0.3) is 10.2 Å². The molecule has 1 N–H and O–H groups in total. The summed E-state index contributed by atoms with van der Waals surface area (Å²) in [5, 5.41) is 3.31. The third-order valence-electron chi connectivity index (χ3n) is 5.57. The maximum absolute atomic E-state index is 13.0. The second-order valence-electron chi connectivity index (χ2n) is 7.56. The number of fused-ring (bicyclic) bond motifs is 2. The molecule has 168 valence electrons. The molecule has 0 radical (unpaired) electrons. The lowest BCUT2D eigenvalue weighted by atomic mass is 9.99. The molecule has 1 fully saturated rings. The zero-order valence-corrected chi connectivity index (χ0v) is 18.9. The van der Waals surface area contributed by atoms with Crippen LogP contribution < -0.4 is 19.5 Å². The minimum Gasteiger partial charge on any atom is -0.497 e. The number of piperidine rings is 1. The van der Waals surface area contributed by atoms with Crippen LogP contribution in [0.4, 0.5) is 5.13 Å². The number of amides is 1. The molecule has 9 nitrogen and oxygen atoms in total. The zero-order chi connectivity index (χ0) is 22.3. The van der Waals surface area contributed by atoms with E-state index in [4.69, 9.17) is 14.2 Å². The Morgan fingerprint density at radius 1 is 1.22 bits per heavy atom. The van der Waals surface area contributed by atoms with E-state index in [1.807, 2.05) is 6.07 Å². The predicted molar refractivity (Wildman–Crippen MR) is 119 cm³/mol. The van der Waals surface area contributed by atoms with E-state index in [1.54, 1.807) is 18.2 Å². The van der Waals surface area contributed by atoms with Crippen molar-refractivity contribution in [1.29, 1.82) is 0 Å². The molecule has 1 aromatic heterocycles. The van der Waals surface area contributed by atoms with E-state index in [0.29, 0.717) is 47.3 Å². The normalized spacial score (nSPS) is 18.6. The minimum atomic E-state index is -3.70. The second-order valence-corrected chi connectivity index (χ2v) is 10.5. The average Bonchev–Trinajstić information content (AvgIpc) is 3.42. The summed E-state index contributed by atoms with van der Waals surface area (Å²) in [6, 6.07) is 9.89. The zero-order valence-electron chi connectivity index (χ0n) is 17.2. The van der Waals surface area contributed by atoms with Gasteiger partial charge in [0.05, 0.1) is 28.1 Å². The van der Waals surface area contributed by atoms with Gasteiger partial charge in [0, 0.05) is 25.2 Å². The second kappa shape index (κ2) is 8.23. The van der Waals surface area contributed by atoms with Crippen LogP contribution in [0, 0.1) is 5.92 Å². The molecule has 32 heavy (non-hydrogen) atoms. The van der Waals surface area contributed by atoms with Gasteiger partial charge in [-0.15, -0.1) is 0 Å². The Kier molecular flexibility index (Phi) is 5.39. The lowest BCUT2D eigenvalue weighted by Gasteiger charge is -2.31. The first kappa shape index (κ1) is 21.0. The number of methoxy groups -OCH3 is 1. The topological polar surface area (TPSA) is 107 Å². The number of aromatic nitrogens is 1. The lowest BCUT2D eigenvalue weighted by molar-refractivity contribution is -0.120. The monoisotopic (exact) mass is 475 g/mol. The standard InChI is InChI=1S/C21H21N3O6S2/c1-28-14-4-6-15(7-5-14)32(26,27)24-8-2-3-13(11-24)20(25)23-21-22-16-9-17-18(30-12-29-17)10-19(16)31-21/h4-7,9-10,13H,2-3,8,11-12H2,1H3,(H,22,23,25). The molecule has 1 amide bonds. The van der Waals surface area contributed by atoms with Crippen LogP contribution in [0.15, 0.2) is 41.3 Å². The molecule has 1 unspecified atom stereocenters. The predicted octanol–water partition coefficient (Wildman–Crippen LogP) is 3.07. The maximum Gasteiger partial charge on any atom is 0.243 e. The average molecular weight is 476 g/mol. The molecule has 11 heteroatoms. The number of benzene rings is 2. The molecule has 0 bridgehead atoms. The Labute approximate surface area is 189 Å². The smallest absolute Gasteiger partial charge is 0.243 e. The largest absolute Gasteiger partial charge is 0.497 e. The number of nitrogens with one attached hydrogen (secondary N) is 1. The van der Waals surface area contributed by atoms with Gasteiger partial charge in [0.1, 0.15) is 5.75 Å². The van der Waals surface area contributed by atoms with Crippen LogP contribution in [0.3, 0.4) is 0 Å². The fourth-order valence-electron chi connectivity index (χ4n) is 3.85. The molecular formula is C21H21N3O6S2. The lowest BCUT2D eigenvalue weighted by Crippen LogP contribution is -2.43. The fraction of sp³-hybridized carbons (Fsp3) is 0.333. The minimum absolute atomic E-state index is 0.126. The summed E-state index contributed by atoms with van der Waals surface area (Å²) in [6.45, 7) is 0.694. The number of thiazole rings is 1. The molecule has 0 saturated carbocycles. The first-order valence-corrected chi connectivity index (χ1v) is 12.3. The Morgan fingerprint density at radius 2 is 1.97 bits per heavy atom. The fourth-order valence-corrected chi connectivity index (χ4v) is 6.25. The number of anilines is 1. The molecule has 2 aromatic carbocycles. The Hall–Kier alpha value is -2.89. The van der Waals surface area contributed by atoms with E-state index in [1.165, 1.54) is 34.9 Å². The number of rotatable bonds is 5. The van der Waals surface area contributed by atoms with E-state index in [2.05, 4.69) is 10.3 Å². The molecule has 2 aliphatic rings. The number of carbonyl (C=O) groups excluding carboxylic acids is 1. The molecule has 3 aromatic rings. The van der Waals surface area contributed by atoms with E-state index < -0.39 is 15.9 Å². The number of nitrogens with zero attached hydrogens (tertiary/aromatic N) is 2. The number of sulfonamides is 1. The van der Waals surface area contributed by atoms with Crippen molar-refractivity contribution < 1.29 is 27.4 Å². The quantitative estimate of drug-likeness (QED) is 0.604. The molecule has 5 rings (SSSR count). The van der Waals surface area contributed by atoms with Gasteiger partial charge in [0.25, 0.3) is 0 Å². The highest BCUT2D eigenvalue weighted by atomic mass is 32.2. The highest BCUT2D eigenvalue weighted by Crippen LogP contribution is 2.39. The van der Waals surface area contributed by atoms with E-state index in [0.717, 1.165) is 4.70 Å². The van der Waals surface area contributed by atoms with Crippen molar-refractivity contribution in [3.63, 3.8) is 0 Å². The number of hydrogen-bond donors (Lipinski definition) is 1. The van der Waals surface area contributed by atoms with Gasteiger partial charge in [-0.3, -0.25) is 4.79 Å². The van der Waals surface area contributed by atoms with Gasteiger partial charge in [-0.05, 0) is 37.1 Å². The van der Waals surface area contributed by atoms with Gasteiger partial charge < -0.3 is 19.5 Å². The van der Waals surface area contributed by atoms with Crippen molar-refractivity contribution in [2.24, 2.45) is 5.92 Å². The summed E-state index contributed by atoms with van der Waals surface area (Å²) in [5.74, 6) is 1.18. The summed E-state index contributed by atoms with van der Waals surface area (Å²) >= 11 is 1.34. The van der Waals surface area contributed by atoms with E-state index in [9.17, 15) is 13.2 Å². The molecule has 0 aliphatic carbocycles. The third-order valence-corrected chi connectivity index (χ3v) is 8.38. The van der Waals surface area contributed by atoms with Crippen LogP contribution in [0.5, 0.6) is 17.2 Å². The van der Waals surface area contributed by atoms with Crippen LogP contribution in [-0.2, 0) is 14.8 Å². The molecule has 0 spiro atoms. The van der Waals surface area contributed by atoms with E-state index in [-0.39, 0.29) is 24.1 Å². The maximum atomic E-state index is 13.0. The summed E-state index contributed by atoms with van der Waals surface area (Å²) < 4.78 is 44.2. The number of hydrogen-bond acceptors (Lipinski definition) is 8. The number of ether oxygens (including phenoxy) is 3. The molecule has 1 atom stereocenters. The van der Waals surface area contributed by atoms with Crippen LogP contribution in [0.2, 0.25) is 0 Å². The Bertz CT molecular complexity index is 1230. The summed E-state index contributed by atoms with van der Waals surface area (Å²) in [6.07, 6.45) is 1.22. The summed E-state index contributed by atoms with van der Waals surface area (Å²) in [5.41, 5.74) is 0.710. The van der Waals surface area contributed by atoms with Crippen molar-refractivity contribution in [1.82, 2.24) is 9.29 Å². The molecular weight excluding hydrogens is 454 g/mol. The summed E-state index contributed by atoms with van der Waals surface area (Å²) in [7, 11) is -2.17. The van der Waals surface area contributed by atoms with Crippen LogP contribution in [0.1, 0.15) is 12.8 Å². The van der Waals surface area contributed by atoms with Crippen molar-refractivity contribution >= 4 is 42.6 Å². The summed E-state index contributed by atoms with van der Waals surface area (Å²) in [4.78, 5) is 17.6. The Balaban J connectivity index is 1.29. The molecule has 3 heterocycles. The highest BCUT2D eigenvalue weighted by molar-refractivity contribution is 7.89. The van der Waals surface area contributed by atoms with Gasteiger partial charge >= 0.3 is 0 Å². The Morgan fingerprint density at radius 3 is 2.72 bits per heavy atom.